The molecule has 1 N–H and O–H groups in total. The van der Waals surface area contributed by atoms with Crippen LogP contribution in [0.25, 0.3) is 0 Å². The number of alkyl halides is 3. The summed E-state index contributed by atoms with van der Waals surface area (Å²) in [5, 5.41) is 0. The smallest absolute Gasteiger partial charge is 0.330 e. The van der Waals surface area contributed by atoms with Crippen LogP contribution in [0.2, 0.25) is 0 Å². The van der Waals surface area contributed by atoms with Crippen molar-refractivity contribution >= 4 is 21.6 Å². The summed E-state index contributed by atoms with van der Waals surface area (Å²) in [5.74, 6) is -1.88. The molecule has 0 unspecified atom stereocenters. The number of anilines is 1. The van der Waals surface area contributed by atoms with E-state index in [9.17, 15) is 26.4 Å². The topological polar surface area (TPSA) is 66.5 Å². The Bertz CT molecular complexity index is 1030. The molecule has 3 rings (SSSR count). The van der Waals surface area contributed by atoms with Crippen LogP contribution in [0.4, 0.5) is 18.9 Å². The van der Waals surface area contributed by atoms with Gasteiger partial charge in [-0.3, -0.25) is 9.52 Å². The average Bonchev–Trinajstić information content (AvgIpc) is 2.62. The van der Waals surface area contributed by atoms with Crippen LogP contribution in [0.1, 0.15) is 22.3 Å². The molecule has 0 atom stereocenters. The standard InChI is InChI=1S/C19H19F3N2O3S/c1-12-3-5-16(9-13(12)2)23-28(26,27)17-6-4-15-11-24(8-7-14(15)10-17)18(25)19(20,21)22/h3-6,9-10,23H,7-8,11H2,1-2H3. The van der Waals surface area contributed by atoms with Crippen LogP contribution in [-0.4, -0.2) is 31.9 Å². The summed E-state index contributed by atoms with van der Waals surface area (Å²) >= 11 is 0. The van der Waals surface area contributed by atoms with E-state index in [1.807, 2.05) is 19.9 Å². The molecule has 0 aliphatic carbocycles. The van der Waals surface area contributed by atoms with E-state index < -0.39 is 22.1 Å². The minimum Gasteiger partial charge on any atom is -0.330 e. The predicted molar refractivity (Wildman–Crippen MR) is 98.3 cm³/mol. The Balaban J connectivity index is 1.82. The normalized spacial score (nSPS) is 14.5. The number of amides is 1. The summed E-state index contributed by atoms with van der Waals surface area (Å²) in [7, 11) is -3.84. The zero-order valence-electron chi connectivity index (χ0n) is 15.3. The summed E-state index contributed by atoms with van der Waals surface area (Å²) in [5.41, 5.74) is 3.54. The van der Waals surface area contributed by atoms with Gasteiger partial charge in [-0.25, -0.2) is 8.42 Å². The van der Waals surface area contributed by atoms with Crippen LogP contribution in [0.15, 0.2) is 41.3 Å². The lowest BCUT2D eigenvalue weighted by atomic mass is 10.00. The monoisotopic (exact) mass is 412 g/mol. The lowest BCUT2D eigenvalue weighted by Crippen LogP contribution is -2.43. The molecule has 0 bridgehead atoms. The minimum absolute atomic E-state index is 0.0278. The van der Waals surface area contributed by atoms with Crippen molar-refractivity contribution in [1.82, 2.24) is 4.90 Å². The zero-order valence-corrected chi connectivity index (χ0v) is 16.1. The Morgan fingerprint density at radius 1 is 1.04 bits per heavy atom. The van der Waals surface area contributed by atoms with Crippen molar-refractivity contribution in [3.63, 3.8) is 0 Å². The van der Waals surface area contributed by atoms with Gasteiger partial charge < -0.3 is 4.90 Å². The number of hydrogen-bond donors (Lipinski definition) is 1. The van der Waals surface area contributed by atoms with Gasteiger partial charge in [0.15, 0.2) is 0 Å². The molecule has 1 amide bonds. The SMILES string of the molecule is Cc1ccc(NS(=O)(=O)c2ccc3c(c2)CCN(C(=O)C(F)(F)F)C3)cc1C. The molecule has 0 aromatic heterocycles. The van der Waals surface area contributed by atoms with Crippen LogP contribution < -0.4 is 4.72 Å². The molecule has 28 heavy (non-hydrogen) atoms. The van der Waals surface area contributed by atoms with Crippen LogP contribution in [0, 0.1) is 13.8 Å². The molecule has 1 heterocycles. The Morgan fingerprint density at radius 3 is 2.39 bits per heavy atom. The van der Waals surface area contributed by atoms with E-state index in [0.29, 0.717) is 16.8 Å². The van der Waals surface area contributed by atoms with E-state index in [-0.39, 0.29) is 24.4 Å². The molecule has 0 fully saturated rings. The lowest BCUT2D eigenvalue weighted by molar-refractivity contribution is -0.186. The minimum atomic E-state index is -4.92. The largest absolute Gasteiger partial charge is 0.471 e. The summed E-state index contributed by atoms with van der Waals surface area (Å²) in [6.07, 6.45) is -4.76. The van der Waals surface area contributed by atoms with Crippen molar-refractivity contribution in [1.29, 1.82) is 0 Å². The first-order chi connectivity index (χ1) is 13.0. The molecule has 1 aliphatic heterocycles. The summed E-state index contributed by atoms with van der Waals surface area (Å²) in [4.78, 5) is 12.2. The lowest BCUT2D eigenvalue weighted by Gasteiger charge is -2.29. The highest BCUT2D eigenvalue weighted by Gasteiger charge is 2.43. The highest BCUT2D eigenvalue weighted by molar-refractivity contribution is 7.92. The fourth-order valence-corrected chi connectivity index (χ4v) is 4.17. The average molecular weight is 412 g/mol. The molecule has 1 aliphatic rings. The number of aryl methyl sites for hydroxylation is 2. The maximum absolute atomic E-state index is 12.7. The number of carbonyl (C=O) groups excluding carboxylic acids is 1. The van der Waals surface area contributed by atoms with Crippen molar-refractivity contribution in [3.05, 3.63) is 58.7 Å². The number of nitrogens with zero attached hydrogens (tertiary/aromatic N) is 1. The highest BCUT2D eigenvalue weighted by atomic mass is 32.2. The third-order valence-electron chi connectivity index (χ3n) is 4.79. The predicted octanol–water partition coefficient (Wildman–Crippen LogP) is 3.55. The van der Waals surface area contributed by atoms with Crippen molar-refractivity contribution in [2.24, 2.45) is 0 Å². The number of halogens is 3. The Labute approximate surface area is 161 Å². The molecule has 0 saturated heterocycles. The maximum atomic E-state index is 12.7. The molecular formula is C19H19F3N2O3S. The van der Waals surface area contributed by atoms with E-state index in [2.05, 4.69) is 4.72 Å². The first kappa shape index (κ1) is 20.2. The van der Waals surface area contributed by atoms with Crippen LogP contribution in [-0.2, 0) is 27.8 Å². The van der Waals surface area contributed by atoms with E-state index in [0.717, 1.165) is 16.0 Å². The summed E-state index contributed by atoms with van der Waals surface area (Å²) in [6.45, 7) is 3.49. The second-order valence-corrected chi connectivity index (χ2v) is 8.49. The molecule has 0 saturated carbocycles. The number of fused-ring (bicyclic) bond motifs is 1. The third-order valence-corrected chi connectivity index (χ3v) is 6.17. The fraction of sp³-hybridized carbons (Fsp3) is 0.316. The van der Waals surface area contributed by atoms with Gasteiger partial charge in [0.05, 0.1) is 4.90 Å². The van der Waals surface area contributed by atoms with Gasteiger partial charge in [0.25, 0.3) is 10.0 Å². The number of carbonyl (C=O) groups is 1. The van der Waals surface area contributed by atoms with Gasteiger partial charge in [-0.2, -0.15) is 13.2 Å². The van der Waals surface area contributed by atoms with Crippen molar-refractivity contribution in [2.45, 2.75) is 37.9 Å². The molecule has 0 spiro atoms. The van der Waals surface area contributed by atoms with Crippen molar-refractivity contribution < 1.29 is 26.4 Å². The van der Waals surface area contributed by atoms with E-state index in [4.69, 9.17) is 0 Å². The number of rotatable bonds is 3. The Morgan fingerprint density at radius 2 is 1.75 bits per heavy atom. The van der Waals surface area contributed by atoms with Crippen LogP contribution >= 0.6 is 0 Å². The van der Waals surface area contributed by atoms with Crippen LogP contribution in [0.3, 0.4) is 0 Å². The number of hydrogen-bond acceptors (Lipinski definition) is 3. The van der Waals surface area contributed by atoms with Gasteiger partial charge in [-0.15, -0.1) is 0 Å². The van der Waals surface area contributed by atoms with Crippen molar-refractivity contribution in [2.75, 3.05) is 11.3 Å². The van der Waals surface area contributed by atoms with Gasteiger partial charge in [-0.1, -0.05) is 12.1 Å². The van der Waals surface area contributed by atoms with E-state index in [1.54, 1.807) is 12.1 Å². The number of benzene rings is 2. The summed E-state index contributed by atoms with van der Waals surface area (Å²) < 4.78 is 65.7. The first-order valence-corrected chi connectivity index (χ1v) is 10.0. The van der Waals surface area contributed by atoms with E-state index in [1.165, 1.54) is 18.2 Å². The van der Waals surface area contributed by atoms with Gasteiger partial charge >= 0.3 is 12.1 Å². The van der Waals surface area contributed by atoms with Crippen molar-refractivity contribution in [3.8, 4) is 0 Å². The molecule has 2 aromatic carbocycles. The fourth-order valence-electron chi connectivity index (χ4n) is 3.07. The second kappa shape index (κ2) is 7.12. The molecule has 0 radical (unpaired) electrons. The number of nitrogens with one attached hydrogen (secondary N) is 1. The molecule has 2 aromatic rings. The maximum Gasteiger partial charge on any atom is 0.471 e. The Hall–Kier alpha value is -2.55. The van der Waals surface area contributed by atoms with Gasteiger partial charge in [0.1, 0.15) is 0 Å². The quantitative estimate of drug-likeness (QED) is 0.839. The van der Waals surface area contributed by atoms with Gasteiger partial charge in [0, 0.05) is 18.8 Å². The van der Waals surface area contributed by atoms with Gasteiger partial charge in [0.2, 0.25) is 0 Å². The van der Waals surface area contributed by atoms with Crippen LogP contribution in [0.5, 0.6) is 0 Å². The zero-order chi connectivity index (χ0) is 20.7. The molecule has 9 heteroatoms. The van der Waals surface area contributed by atoms with E-state index >= 15 is 0 Å². The Kier molecular flexibility index (Phi) is 5.14. The highest BCUT2D eigenvalue weighted by Crippen LogP contribution is 2.27. The molecular weight excluding hydrogens is 393 g/mol. The molecule has 150 valence electrons. The number of sulfonamides is 1. The van der Waals surface area contributed by atoms with Gasteiger partial charge in [-0.05, 0) is 66.8 Å². The second-order valence-electron chi connectivity index (χ2n) is 6.81. The summed E-state index contributed by atoms with van der Waals surface area (Å²) in [6, 6.07) is 9.45. The molecule has 5 nitrogen and oxygen atoms in total. The first-order valence-electron chi connectivity index (χ1n) is 8.55. The third kappa shape index (κ3) is 4.14.